The van der Waals surface area contributed by atoms with E-state index in [0.29, 0.717) is 5.56 Å². The number of hydrogen-bond donors (Lipinski definition) is 2. The van der Waals surface area contributed by atoms with Crippen LogP contribution in [0, 0.1) is 11.6 Å². The van der Waals surface area contributed by atoms with E-state index in [1.54, 1.807) is 6.07 Å². The summed E-state index contributed by atoms with van der Waals surface area (Å²) >= 11 is 0. The number of aryl methyl sites for hydroxylation is 1. The van der Waals surface area contributed by atoms with Crippen molar-refractivity contribution in [2.24, 2.45) is 5.84 Å². The molecule has 2 aromatic carbocycles. The maximum absolute atomic E-state index is 13.5. The molecule has 0 saturated carbocycles. The largest absolute Gasteiger partial charge is 0.271 e. The Labute approximate surface area is 122 Å². The van der Waals surface area contributed by atoms with E-state index < -0.39 is 11.6 Å². The van der Waals surface area contributed by atoms with Gasteiger partial charge in [-0.1, -0.05) is 30.3 Å². The summed E-state index contributed by atoms with van der Waals surface area (Å²) in [6.07, 6.45) is 3.11. The van der Waals surface area contributed by atoms with Gasteiger partial charge in [0.25, 0.3) is 0 Å². The number of fused-ring (bicyclic) bond motifs is 1. The van der Waals surface area contributed by atoms with Gasteiger partial charge in [0.2, 0.25) is 0 Å². The summed E-state index contributed by atoms with van der Waals surface area (Å²) < 4.78 is 26.6. The molecule has 0 aromatic heterocycles. The van der Waals surface area contributed by atoms with Crippen molar-refractivity contribution >= 4 is 0 Å². The summed E-state index contributed by atoms with van der Waals surface area (Å²) in [6, 6.07) is 12.0. The first kappa shape index (κ1) is 14.2. The number of rotatable bonds is 3. The molecule has 2 unspecified atom stereocenters. The van der Waals surface area contributed by atoms with Gasteiger partial charge in [0.1, 0.15) is 0 Å². The molecule has 3 N–H and O–H groups in total. The van der Waals surface area contributed by atoms with Crippen molar-refractivity contribution in [3.05, 3.63) is 70.8 Å². The van der Waals surface area contributed by atoms with Gasteiger partial charge < -0.3 is 0 Å². The minimum Gasteiger partial charge on any atom is -0.271 e. The van der Waals surface area contributed by atoms with Crippen LogP contribution in [0.4, 0.5) is 8.78 Å². The third-order valence-corrected chi connectivity index (χ3v) is 4.30. The Morgan fingerprint density at radius 1 is 1.10 bits per heavy atom. The molecule has 0 spiro atoms. The van der Waals surface area contributed by atoms with Crippen molar-refractivity contribution in [1.82, 2.24) is 5.43 Å². The van der Waals surface area contributed by atoms with E-state index in [9.17, 15) is 8.78 Å². The van der Waals surface area contributed by atoms with E-state index in [1.165, 1.54) is 17.2 Å². The second kappa shape index (κ2) is 5.92. The normalized spacial score (nSPS) is 19.1. The molecule has 0 saturated heterocycles. The summed E-state index contributed by atoms with van der Waals surface area (Å²) in [5.74, 6) is 4.21. The predicted octanol–water partition coefficient (Wildman–Crippen LogP) is 3.59. The molecule has 0 radical (unpaired) electrons. The fourth-order valence-electron chi connectivity index (χ4n) is 3.29. The molecule has 110 valence electrons. The van der Waals surface area contributed by atoms with Gasteiger partial charge in [-0.15, -0.1) is 0 Å². The highest BCUT2D eigenvalue weighted by Gasteiger charge is 2.28. The second-order valence-corrected chi connectivity index (χ2v) is 5.52. The monoisotopic (exact) mass is 288 g/mol. The van der Waals surface area contributed by atoms with E-state index in [2.05, 4.69) is 17.6 Å². The van der Waals surface area contributed by atoms with Crippen LogP contribution < -0.4 is 11.3 Å². The fraction of sp³-hybridized carbons (Fsp3) is 0.294. The third kappa shape index (κ3) is 2.69. The highest BCUT2D eigenvalue weighted by Crippen LogP contribution is 2.40. The van der Waals surface area contributed by atoms with Crippen molar-refractivity contribution in [2.45, 2.75) is 31.2 Å². The average Bonchev–Trinajstić information content (AvgIpc) is 2.52. The third-order valence-electron chi connectivity index (χ3n) is 4.30. The topological polar surface area (TPSA) is 38.0 Å². The summed E-state index contributed by atoms with van der Waals surface area (Å²) in [5.41, 5.74) is 6.03. The molecule has 1 aliphatic rings. The van der Waals surface area contributed by atoms with Crippen molar-refractivity contribution < 1.29 is 8.78 Å². The number of halogens is 2. The Balaban J connectivity index is 1.99. The Morgan fingerprint density at radius 2 is 1.90 bits per heavy atom. The lowest BCUT2D eigenvalue weighted by molar-refractivity contribution is 0.405. The fourth-order valence-corrected chi connectivity index (χ4v) is 3.29. The van der Waals surface area contributed by atoms with Crippen LogP contribution in [-0.2, 0) is 6.42 Å². The molecule has 0 aliphatic heterocycles. The zero-order chi connectivity index (χ0) is 14.8. The zero-order valence-corrected chi connectivity index (χ0v) is 11.7. The van der Waals surface area contributed by atoms with Crippen LogP contribution in [0.2, 0.25) is 0 Å². The van der Waals surface area contributed by atoms with Gasteiger partial charge in [-0.05, 0) is 48.1 Å². The minimum atomic E-state index is -0.836. The van der Waals surface area contributed by atoms with Crippen LogP contribution >= 0.6 is 0 Å². The van der Waals surface area contributed by atoms with Crippen LogP contribution in [0.3, 0.4) is 0 Å². The van der Waals surface area contributed by atoms with E-state index in [4.69, 9.17) is 5.84 Å². The summed E-state index contributed by atoms with van der Waals surface area (Å²) in [6.45, 7) is 0. The van der Waals surface area contributed by atoms with E-state index in [1.807, 2.05) is 12.1 Å². The van der Waals surface area contributed by atoms with E-state index >= 15 is 0 Å². The SMILES string of the molecule is NNC(c1ccc(F)c(F)c1)C1CCCc2ccccc21. The molecule has 0 bridgehead atoms. The standard InChI is InChI=1S/C17H18F2N2/c18-15-9-8-12(10-16(15)19)17(21-20)14-7-3-5-11-4-1-2-6-13(11)14/h1-2,4,6,8-10,14,17,21H,3,5,7,20H2. The predicted molar refractivity (Wildman–Crippen MR) is 78.5 cm³/mol. The van der Waals surface area contributed by atoms with Gasteiger partial charge >= 0.3 is 0 Å². The van der Waals surface area contributed by atoms with Crippen LogP contribution in [0.1, 0.15) is 41.5 Å². The lowest BCUT2D eigenvalue weighted by Crippen LogP contribution is -2.34. The molecule has 0 heterocycles. The van der Waals surface area contributed by atoms with Crippen molar-refractivity contribution in [2.75, 3.05) is 0 Å². The van der Waals surface area contributed by atoms with Crippen molar-refractivity contribution in [3.8, 4) is 0 Å². The molecule has 21 heavy (non-hydrogen) atoms. The van der Waals surface area contributed by atoms with Crippen molar-refractivity contribution in [1.29, 1.82) is 0 Å². The molecule has 0 amide bonds. The lowest BCUT2D eigenvalue weighted by atomic mass is 9.77. The maximum Gasteiger partial charge on any atom is 0.159 e. The van der Waals surface area contributed by atoms with Gasteiger partial charge in [-0.2, -0.15) is 0 Å². The first-order valence-electron chi connectivity index (χ1n) is 7.19. The van der Waals surface area contributed by atoms with Gasteiger partial charge in [0.15, 0.2) is 11.6 Å². The zero-order valence-electron chi connectivity index (χ0n) is 11.7. The summed E-state index contributed by atoms with van der Waals surface area (Å²) in [7, 11) is 0. The molecule has 2 nitrogen and oxygen atoms in total. The van der Waals surface area contributed by atoms with Crippen molar-refractivity contribution in [3.63, 3.8) is 0 Å². The van der Waals surface area contributed by atoms with Gasteiger partial charge in [0, 0.05) is 5.92 Å². The van der Waals surface area contributed by atoms with Gasteiger partial charge in [-0.25, -0.2) is 8.78 Å². The number of nitrogens with one attached hydrogen (secondary N) is 1. The summed E-state index contributed by atoms with van der Waals surface area (Å²) in [5, 5.41) is 0. The van der Waals surface area contributed by atoms with E-state index in [-0.39, 0.29) is 12.0 Å². The van der Waals surface area contributed by atoms with Crippen LogP contribution in [0.5, 0.6) is 0 Å². The molecular formula is C17H18F2N2. The molecule has 3 rings (SSSR count). The minimum absolute atomic E-state index is 0.171. The molecule has 0 fully saturated rings. The molecule has 2 atom stereocenters. The van der Waals surface area contributed by atoms with Crippen LogP contribution in [0.15, 0.2) is 42.5 Å². The van der Waals surface area contributed by atoms with Crippen LogP contribution in [0.25, 0.3) is 0 Å². The first-order chi connectivity index (χ1) is 10.2. The number of hydrogen-bond acceptors (Lipinski definition) is 2. The number of nitrogens with two attached hydrogens (primary N) is 1. The Kier molecular flexibility index (Phi) is 3.99. The molecular weight excluding hydrogens is 270 g/mol. The number of benzene rings is 2. The first-order valence-corrected chi connectivity index (χ1v) is 7.19. The Bertz CT molecular complexity index is 642. The highest BCUT2D eigenvalue weighted by molar-refractivity contribution is 5.36. The van der Waals surface area contributed by atoms with E-state index in [0.717, 1.165) is 25.3 Å². The maximum atomic E-state index is 13.5. The van der Waals surface area contributed by atoms with Crippen LogP contribution in [-0.4, -0.2) is 0 Å². The Hall–Kier alpha value is -1.78. The molecule has 2 aromatic rings. The van der Waals surface area contributed by atoms with Gasteiger partial charge in [0.05, 0.1) is 6.04 Å². The number of hydrazine groups is 1. The second-order valence-electron chi connectivity index (χ2n) is 5.52. The average molecular weight is 288 g/mol. The molecule has 1 aliphatic carbocycles. The lowest BCUT2D eigenvalue weighted by Gasteiger charge is -2.32. The quantitative estimate of drug-likeness (QED) is 0.669. The Morgan fingerprint density at radius 3 is 2.67 bits per heavy atom. The summed E-state index contributed by atoms with van der Waals surface area (Å²) in [4.78, 5) is 0. The molecule has 4 heteroatoms. The highest BCUT2D eigenvalue weighted by atomic mass is 19.2. The smallest absolute Gasteiger partial charge is 0.159 e. The van der Waals surface area contributed by atoms with Gasteiger partial charge in [-0.3, -0.25) is 11.3 Å².